The van der Waals surface area contributed by atoms with Crippen molar-refractivity contribution in [3.63, 3.8) is 0 Å². The van der Waals surface area contributed by atoms with Crippen LogP contribution in [0.3, 0.4) is 0 Å². The molecule has 0 aliphatic rings. The predicted molar refractivity (Wildman–Crippen MR) is 88.6 cm³/mol. The lowest BCUT2D eigenvalue weighted by atomic mass is 10.3. The van der Waals surface area contributed by atoms with Gasteiger partial charge in [-0.1, -0.05) is 12.1 Å². The van der Waals surface area contributed by atoms with E-state index < -0.39 is 0 Å². The molecule has 0 amide bonds. The van der Waals surface area contributed by atoms with Crippen molar-refractivity contribution < 1.29 is 0 Å². The highest BCUT2D eigenvalue weighted by Crippen LogP contribution is 2.24. The maximum atomic E-state index is 5.81. The monoisotopic (exact) mass is 303 g/mol. The summed E-state index contributed by atoms with van der Waals surface area (Å²) < 4.78 is 1.68. The highest BCUT2D eigenvalue weighted by atomic mass is 15.3. The molecule has 4 rings (SSSR count). The first kappa shape index (κ1) is 13.2. The standard InChI is InChI=1S/C16H13N7/c17-11-4-3-5-12(8-11)22-15-13-9-21-23(16(13)20-10-19-15)14-6-1-2-7-18-14/h1-10H,17H2,(H,19,20,22). The quantitative estimate of drug-likeness (QED) is 0.565. The minimum Gasteiger partial charge on any atom is -0.399 e. The van der Waals surface area contributed by atoms with Crippen LogP contribution in [-0.4, -0.2) is 24.7 Å². The molecule has 0 radical (unpaired) electrons. The molecule has 0 fully saturated rings. The van der Waals surface area contributed by atoms with Crippen LogP contribution >= 0.6 is 0 Å². The van der Waals surface area contributed by atoms with Gasteiger partial charge in [0.1, 0.15) is 12.1 Å². The number of nitrogens with zero attached hydrogens (tertiary/aromatic N) is 5. The summed E-state index contributed by atoms with van der Waals surface area (Å²) in [6.07, 6.45) is 4.94. The molecule has 0 aliphatic carbocycles. The van der Waals surface area contributed by atoms with Gasteiger partial charge in [-0.2, -0.15) is 9.78 Å². The summed E-state index contributed by atoms with van der Waals surface area (Å²) in [4.78, 5) is 12.9. The van der Waals surface area contributed by atoms with Crippen molar-refractivity contribution in [1.82, 2.24) is 24.7 Å². The van der Waals surface area contributed by atoms with Crippen molar-refractivity contribution in [2.24, 2.45) is 0 Å². The van der Waals surface area contributed by atoms with Crippen LogP contribution in [0.2, 0.25) is 0 Å². The minimum atomic E-state index is 0.669. The Hall–Kier alpha value is -3.48. The van der Waals surface area contributed by atoms with Gasteiger partial charge < -0.3 is 11.1 Å². The van der Waals surface area contributed by atoms with Crippen molar-refractivity contribution in [1.29, 1.82) is 0 Å². The Kier molecular flexibility index (Phi) is 3.09. The van der Waals surface area contributed by atoms with Crippen molar-refractivity contribution in [3.05, 3.63) is 61.2 Å². The SMILES string of the molecule is Nc1cccc(Nc2ncnc3c2cnn3-c2ccccn2)c1. The number of nitrogen functional groups attached to an aromatic ring is 1. The number of fused-ring (bicyclic) bond motifs is 1. The van der Waals surface area contributed by atoms with E-state index in [1.54, 1.807) is 17.1 Å². The average Bonchev–Trinajstić information content (AvgIpc) is 3.01. The van der Waals surface area contributed by atoms with E-state index in [1.165, 1.54) is 6.33 Å². The lowest BCUT2D eigenvalue weighted by Crippen LogP contribution is -2.01. The average molecular weight is 303 g/mol. The van der Waals surface area contributed by atoms with E-state index in [1.807, 2.05) is 42.5 Å². The van der Waals surface area contributed by atoms with Gasteiger partial charge in [0.05, 0.1) is 11.6 Å². The summed E-state index contributed by atoms with van der Waals surface area (Å²) in [6, 6.07) is 13.1. The molecule has 7 heteroatoms. The van der Waals surface area contributed by atoms with Crippen LogP contribution in [0.5, 0.6) is 0 Å². The van der Waals surface area contributed by atoms with E-state index in [2.05, 4.69) is 25.4 Å². The Balaban J connectivity index is 1.79. The number of aromatic nitrogens is 5. The maximum Gasteiger partial charge on any atom is 0.170 e. The number of nitrogens with one attached hydrogen (secondary N) is 1. The summed E-state index contributed by atoms with van der Waals surface area (Å²) in [7, 11) is 0. The topological polar surface area (TPSA) is 94.5 Å². The van der Waals surface area contributed by atoms with E-state index in [4.69, 9.17) is 5.73 Å². The molecule has 0 aliphatic heterocycles. The molecule has 3 aromatic heterocycles. The molecule has 0 saturated heterocycles. The van der Waals surface area contributed by atoms with E-state index in [-0.39, 0.29) is 0 Å². The van der Waals surface area contributed by atoms with E-state index in [0.717, 1.165) is 11.1 Å². The summed E-state index contributed by atoms with van der Waals surface area (Å²) in [5, 5.41) is 8.43. The molecule has 0 saturated carbocycles. The molecule has 0 bridgehead atoms. The first-order valence-corrected chi connectivity index (χ1v) is 7.04. The molecule has 0 spiro atoms. The van der Waals surface area contributed by atoms with Crippen LogP contribution in [0.25, 0.3) is 16.9 Å². The van der Waals surface area contributed by atoms with Gasteiger partial charge in [-0.05, 0) is 30.3 Å². The highest BCUT2D eigenvalue weighted by molar-refractivity contribution is 5.89. The smallest absolute Gasteiger partial charge is 0.170 e. The molecule has 112 valence electrons. The summed E-state index contributed by atoms with van der Waals surface area (Å²) in [6.45, 7) is 0. The minimum absolute atomic E-state index is 0.669. The lowest BCUT2D eigenvalue weighted by Gasteiger charge is -2.07. The van der Waals surface area contributed by atoms with Gasteiger partial charge in [-0.3, -0.25) is 0 Å². The molecule has 3 N–H and O–H groups in total. The number of benzene rings is 1. The predicted octanol–water partition coefficient (Wildman–Crippen LogP) is 2.54. The molecule has 23 heavy (non-hydrogen) atoms. The molecule has 1 aromatic carbocycles. The van der Waals surface area contributed by atoms with Crippen molar-refractivity contribution in [3.8, 4) is 5.82 Å². The molecule has 7 nitrogen and oxygen atoms in total. The zero-order valence-corrected chi connectivity index (χ0v) is 12.1. The number of rotatable bonds is 3. The van der Waals surface area contributed by atoms with Crippen LogP contribution in [-0.2, 0) is 0 Å². The summed E-state index contributed by atoms with van der Waals surface area (Å²) in [5.41, 5.74) is 8.03. The van der Waals surface area contributed by atoms with Gasteiger partial charge in [0.15, 0.2) is 11.5 Å². The van der Waals surface area contributed by atoms with Gasteiger partial charge >= 0.3 is 0 Å². The molecule has 0 atom stereocenters. The van der Waals surface area contributed by atoms with Crippen LogP contribution in [0.1, 0.15) is 0 Å². The fourth-order valence-electron chi connectivity index (χ4n) is 2.34. The zero-order chi connectivity index (χ0) is 15.6. The van der Waals surface area contributed by atoms with Gasteiger partial charge in [0.25, 0.3) is 0 Å². The third kappa shape index (κ3) is 2.44. The lowest BCUT2D eigenvalue weighted by molar-refractivity contribution is 0.861. The third-order valence-electron chi connectivity index (χ3n) is 3.38. The number of pyridine rings is 1. The molecule has 4 aromatic rings. The Morgan fingerprint density at radius 3 is 2.78 bits per heavy atom. The fourth-order valence-corrected chi connectivity index (χ4v) is 2.34. The number of hydrogen-bond donors (Lipinski definition) is 2. The van der Waals surface area contributed by atoms with Crippen molar-refractivity contribution >= 4 is 28.2 Å². The van der Waals surface area contributed by atoms with Gasteiger partial charge in [0.2, 0.25) is 0 Å². The summed E-state index contributed by atoms with van der Waals surface area (Å²) in [5.74, 6) is 1.37. The maximum absolute atomic E-state index is 5.81. The zero-order valence-electron chi connectivity index (χ0n) is 12.1. The Bertz CT molecular complexity index is 963. The van der Waals surface area contributed by atoms with Crippen molar-refractivity contribution in [2.75, 3.05) is 11.1 Å². The Morgan fingerprint density at radius 1 is 1.00 bits per heavy atom. The first-order chi connectivity index (χ1) is 11.3. The third-order valence-corrected chi connectivity index (χ3v) is 3.38. The Morgan fingerprint density at radius 2 is 1.96 bits per heavy atom. The number of anilines is 3. The highest BCUT2D eigenvalue weighted by Gasteiger charge is 2.11. The second-order valence-electron chi connectivity index (χ2n) is 4.95. The number of hydrogen-bond acceptors (Lipinski definition) is 6. The van der Waals surface area contributed by atoms with Crippen LogP contribution < -0.4 is 11.1 Å². The van der Waals surface area contributed by atoms with Crippen LogP contribution in [0, 0.1) is 0 Å². The van der Waals surface area contributed by atoms with E-state index >= 15 is 0 Å². The summed E-state index contributed by atoms with van der Waals surface area (Å²) >= 11 is 0. The molecular weight excluding hydrogens is 290 g/mol. The molecular formula is C16H13N7. The fraction of sp³-hybridized carbons (Fsp3) is 0. The first-order valence-electron chi connectivity index (χ1n) is 7.04. The Labute approximate surface area is 131 Å². The van der Waals surface area contributed by atoms with Crippen LogP contribution in [0.4, 0.5) is 17.2 Å². The van der Waals surface area contributed by atoms with Gasteiger partial charge in [-0.15, -0.1) is 0 Å². The van der Waals surface area contributed by atoms with E-state index in [0.29, 0.717) is 23.0 Å². The molecule has 3 heterocycles. The van der Waals surface area contributed by atoms with Crippen LogP contribution in [0.15, 0.2) is 61.2 Å². The second kappa shape index (κ2) is 5.38. The van der Waals surface area contributed by atoms with E-state index in [9.17, 15) is 0 Å². The molecule has 0 unspecified atom stereocenters. The largest absolute Gasteiger partial charge is 0.399 e. The second-order valence-corrected chi connectivity index (χ2v) is 4.95. The van der Waals surface area contributed by atoms with Crippen molar-refractivity contribution in [2.45, 2.75) is 0 Å². The number of nitrogens with two attached hydrogens (primary N) is 1. The van der Waals surface area contributed by atoms with Gasteiger partial charge in [-0.25, -0.2) is 15.0 Å². The van der Waals surface area contributed by atoms with Gasteiger partial charge in [0, 0.05) is 17.6 Å². The normalized spacial score (nSPS) is 10.8.